The maximum atomic E-state index is 12.9. The number of carbonyl (C=O) groups excluding carboxylic acids is 1. The number of aliphatic hydroxyl groups excluding tert-OH is 1. The van der Waals surface area contributed by atoms with Crippen LogP contribution in [0.1, 0.15) is 33.5 Å². The van der Waals surface area contributed by atoms with Gasteiger partial charge in [-0.15, -0.1) is 0 Å². The van der Waals surface area contributed by atoms with Crippen LogP contribution in [0, 0.1) is 20.8 Å². The number of β-amino-alcohol motifs (C(OH)–C–C–N with tert-alkyl or cyclic N) is 1. The summed E-state index contributed by atoms with van der Waals surface area (Å²) >= 11 is 0. The molecule has 1 saturated heterocycles. The lowest BCUT2D eigenvalue weighted by Crippen LogP contribution is -2.42. The van der Waals surface area contributed by atoms with Crippen molar-refractivity contribution in [3.63, 3.8) is 0 Å². The summed E-state index contributed by atoms with van der Waals surface area (Å²) in [5.74, 6) is 0.0494. The number of likely N-dealkylation sites (tertiary alicyclic amines) is 1. The molecule has 4 heteroatoms. The SMILES string of the molecule is Cc1cc(C)c(C(=O)N2CC(O)CC2CN(C)C)c(C)c1. The molecule has 1 N–H and O–H groups in total. The number of aryl methyl sites for hydroxylation is 3. The zero-order valence-corrected chi connectivity index (χ0v) is 13.7. The van der Waals surface area contributed by atoms with E-state index in [1.807, 2.05) is 51.9 Å². The van der Waals surface area contributed by atoms with Crippen LogP contribution in [0.15, 0.2) is 12.1 Å². The third-order valence-corrected chi connectivity index (χ3v) is 4.12. The highest BCUT2D eigenvalue weighted by Crippen LogP contribution is 2.25. The number of rotatable bonds is 3. The Morgan fingerprint density at radius 2 is 1.86 bits per heavy atom. The fourth-order valence-electron chi connectivity index (χ4n) is 3.40. The smallest absolute Gasteiger partial charge is 0.254 e. The molecule has 0 saturated carbocycles. The fourth-order valence-corrected chi connectivity index (χ4v) is 3.40. The van der Waals surface area contributed by atoms with Gasteiger partial charge in [0.1, 0.15) is 0 Å². The first-order valence-electron chi connectivity index (χ1n) is 7.51. The van der Waals surface area contributed by atoms with Crippen molar-refractivity contribution in [1.82, 2.24) is 9.80 Å². The first-order chi connectivity index (χ1) is 9.79. The molecule has 1 aromatic rings. The molecule has 2 unspecified atom stereocenters. The van der Waals surface area contributed by atoms with Crippen molar-refractivity contribution >= 4 is 5.91 Å². The molecule has 1 heterocycles. The molecule has 0 aliphatic carbocycles. The minimum atomic E-state index is -0.412. The highest BCUT2D eigenvalue weighted by Gasteiger charge is 2.35. The molecule has 2 rings (SSSR count). The molecule has 2 atom stereocenters. The third kappa shape index (κ3) is 3.44. The summed E-state index contributed by atoms with van der Waals surface area (Å²) in [4.78, 5) is 16.8. The molecule has 1 amide bonds. The molecule has 0 spiro atoms. The van der Waals surface area contributed by atoms with E-state index in [1.165, 1.54) is 5.56 Å². The van der Waals surface area contributed by atoms with Crippen molar-refractivity contribution in [2.24, 2.45) is 0 Å². The maximum absolute atomic E-state index is 12.9. The van der Waals surface area contributed by atoms with E-state index < -0.39 is 6.10 Å². The van der Waals surface area contributed by atoms with E-state index in [9.17, 15) is 9.90 Å². The second-order valence-corrected chi connectivity index (χ2v) is 6.54. The number of aliphatic hydroxyl groups is 1. The Morgan fingerprint density at radius 3 is 2.38 bits per heavy atom. The number of benzene rings is 1. The normalized spacial score (nSPS) is 22.1. The summed E-state index contributed by atoms with van der Waals surface area (Å²) in [6.07, 6.45) is 0.249. The zero-order chi connectivity index (χ0) is 15.7. The Bertz CT molecular complexity index is 517. The minimum absolute atomic E-state index is 0.0494. The lowest BCUT2D eigenvalue weighted by Gasteiger charge is -2.28. The van der Waals surface area contributed by atoms with Gasteiger partial charge in [-0.05, 0) is 52.4 Å². The molecule has 1 aliphatic rings. The first kappa shape index (κ1) is 16.0. The largest absolute Gasteiger partial charge is 0.391 e. The molecule has 116 valence electrons. The Kier molecular flexibility index (Phi) is 4.69. The van der Waals surface area contributed by atoms with E-state index >= 15 is 0 Å². The van der Waals surface area contributed by atoms with Gasteiger partial charge in [-0.2, -0.15) is 0 Å². The van der Waals surface area contributed by atoms with Crippen molar-refractivity contribution in [2.75, 3.05) is 27.2 Å². The summed E-state index contributed by atoms with van der Waals surface area (Å²) in [7, 11) is 3.99. The summed E-state index contributed by atoms with van der Waals surface area (Å²) in [5, 5.41) is 9.95. The summed E-state index contributed by atoms with van der Waals surface area (Å²) < 4.78 is 0. The van der Waals surface area contributed by atoms with E-state index in [0.717, 1.165) is 23.2 Å². The van der Waals surface area contributed by atoms with Crippen LogP contribution in [0.25, 0.3) is 0 Å². The van der Waals surface area contributed by atoms with Gasteiger partial charge in [0.05, 0.1) is 6.10 Å². The first-order valence-corrected chi connectivity index (χ1v) is 7.51. The molecule has 21 heavy (non-hydrogen) atoms. The highest BCUT2D eigenvalue weighted by molar-refractivity contribution is 5.97. The minimum Gasteiger partial charge on any atom is -0.391 e. The van der Waals surface area contributed by atoms with Crippen LogP contribution in [0.4, 0.5) is 0 Å². The summed E-state index contributed by atoms with van der Waals surface area (Å²) in [6, 6.07) is 4.18. The van der Waals surface area contributed by atoms with Crippen molar-refractivity contribution in [3.8, 4) is 0 Å². The predicted molar refractivity (Wildman–Crippen MR) is 84.7 cm³/mol. The predicted octanol–water partition coefficient (Wildman–Crippen LogP) is 1.75. The number of carbonyl (C=O) groups is 1. The average Bonchev–Trinajstić information content (AvgIpc) is 2.67. The molecule has 4 nitrogen and oxygen atoms in total. The van der Waals surface area contributed by atoms with Gasteiger partial charge < -0.3 is 14.9 Å². The standard InChI is InChI=1S/C17H26N2O2/c1-11-6-12(2)16(13(3)7-11)17(21)19-10-15(20)8-14(19)9-18(4)5/h6-7,14-15,20H,8-10H2,1-5H3. The topological polar surface area (TPSA) is 43.8 Å². The van der Waals surface area contributed by atoms with Crippen molar-refractivity contribution in [3.05, 3.63) is 34.4 Å². The van der Waals surface area contributed by atoms with Gasteiger partial charge in [-0.25, -0.2) is 0 Å². The monoisotopic (exact) mass is 290 g/mol. The van der Waals surface area contributed by atoms with E-state index in [-0.39, 0.29) is 11.9 Å². The van der Waals surface area contributed by atoms with Gasteiger partial charge in [0.15, 0.2) is 0 Å². The molecular formula is C17H26N2O2. The summed E-state index contributed by atoms with van der Waals surface area (Å²) in [6.45, 7) is 7.24. The fraction of sp³-hybridized carbons (Fsp3) is 0.588. The third-order valence-electron chi connectivity index (χ3n) is 4.12. The van der Waals surface area contributed by atoms with Crippen LogP contribution < -0.4 is 0 Å². The Morgan fingerprint density at radius 1 is 1.29 bits per heavy atom. The van der Waals surface area contributed by atoms with E-state index in [1.54, 1.807) is 0 Å². The summed E-state index contributed by atoms with van der Waals surface area (Å²) in [5.41, 5.74) is 4.00. The maximum Gasteiger partial charge on any atom is 0.254 e. The van der Waals surface area contributed by atoms with E-state index in [2.05, 4.69) is 4.90 Å². The molecule has 1 fully saturated rings. The van der Waals surface area contributed by atoms with Crippen LogP contribution in [0.2, 0.25) is 0 Å². The molecule has 0 aromatic heterocycles. The highest BCUT2D eigenvalue weighted by atomic mass is 16.3. The van der Waals surface area contributed by atoms with Gasteiger partial charge >= 0.3 is 0 Å². The lowest BCUT2D eigenvalue weighted by atomic mass is 9.98. The quantitative estimate of drug-likeness (QED) is 0.922. The van der Waals surface area contributed by atoms with Gasteiger partial charge in [0, 0.05) is 24.7 Å². The van der Waals surface area contributed by atoms with Crippen LogP contribution in [-0.4, -0.2) is 60.1 Å². The second kappa shape index (κ2) is 6.16. The molecule has 1 aliphatic heterocycles. The molecule has 0 radical (unpaired) electrons. The Balaban J connectivity index is 2.30. The van der Waals surface area contributed by atoms with E-state index in [0.29, 0.717) is 13.0 Å². The Hall–Kier alpha value is -1.39. The van der Waals surface area contributed by atoms with Crippen LogP contribution in [0.3, 0.4) is 0 Å². The van der Waals surface area contributed by atoms with Crippen molar-refractivity contribution in [1.29, 1.82) is 0 Å². The van der Waals surface area contributed by atoms with E-state index in [4.69, 9.17) is 0 Å². The number of likely N-dealkylation sites (N-methyl/N-ethyl adjacent to an activating group) is 1. The average molecular weight is 290 g/mol. The molecule has 0 bridgehead atoms. The van der Waals surface area contributed by atoms with Gasteiger partial charge in [0.25, 0.3) is 5.91 Å². The second-order valence-electron chi connectivity index (χ2n) is 6.54. The lowest BCUT2D eigenvalue weighted by molar-refractivity contribution is 0.0697. The van der Waals surface area contributed by atoms with Crippen LogP contribution in [-0.2, 0) is 0 Å². The number of amides is 1. The van der Waals surface area contributed by atoms with Crippen molar-refractivity contribution in [2.45, 2.75) is 39.3 Å². The van der Waals surface area contributed by atoms with Gasteiger partial charge in [-0.1, -0.05) is 17.7 Å². The number of hydrogen-bond donors (Lipinski definition) is 1. The zero-order valence-electron chi connectivity index (χ0n) is 13.7. The Labute approximate surface area is 127 Å². The van der Waals surface area contributed by atoms with Crippen LogP contribution >= 0.6 is 0 Å². The number of hydrogen-bond acceptors (Lipinski definition) is 3. The number of nitrogens with zero attached hydrogens (tertiary/aromatic N) is 2. The van der Waals surface area contributed by atoms with Crippen LogP contribution in [0.5, 0.6) is 0 Å². The van der Waals surface area contributed by atoms with Gasteiger partial charge in [-0.3, -0.25) is 4.79 Å². The molecular weight excluding hydrogens is 264 g/mol. The van der Waals surface area contributed by atoms with Crippen molar-refractivity contribution < 1.29 is 9.90 Å². The molecule has 1 aromatic carbocycles. The van der Waals surface area contributed by atoms with Gasteiger partial charge in [0.2, 0.25) is 0 Å².